The first-order valence-electron chi connectivity index (χ1n) is 10.6. The van der Waals surface area contributed by atoms with Gasteiger partial charge >= 0.3 is 0 Å². The third-order valence-corrected chi connectivity index (χ3v) is 7.07. The highest BCUT2D eigenvalue weighted by molar-refractivity contribution is 7.99. The van der Waals surface area contributed by atoms with Gasteiger partial charge in [0.25, 0.3) is 5.56 Å². The fourth-order valence-electron chi connectivity index (χ4n) is 3.24. The molecule has 0 atom stereocenters. The molecule has 6 nitrogen and oxygen atoms in total. The van der Waals surface area contributed by atoms with Crippen LogP contribution in [0.1, 0.15) is 31.0 Å². The topological polar surface area (TPSA) is 87.7 Å². The van der Waals surface area contributed by atoms with Gasteiger partial charge in [-0.2, -0.15) is 0 Å². The summed E-state index contributed by atoms with van der Waals surface area (Å²) in [7, 11) is 0. The minimum atomic E-state index is -0.263. The lowest BCUT2D eigenvalue weighted by atomic mass is 10.0. The molecular formula is C25H24N4O2S2. The zero-order valence-electron chi connectivity index (χ0n) is 18.6. The number of nitrogens with one attached hydrogen (secondary N) is 2. The average Bonchev–Trinajstić information content (AvgIpc) is 3.20. The SMILES string of the molecule is Cc1nc(-c2ccccc2)sc1-c1cc(=O)[nH]c(SCC(=O)Nc2ccc(C(C)C)cc2)n1. The van der Waals surface area contributed by atoms with Crippen molar-refractivity contribution < 1.29 is 4.79 Å². The van der Waals surface area contributed by atoms with E-state index in [4.69, 9.17) is 0 Å². The summed E-state index contributed by atoms with van der Waals surface area (Å²) in [4.78, 5) is 37.5. The average molecular weight is 477 g/mol. The third kappa shape index (κ3) is 5.77. The Morgan fingerprint density at radius 3 is 2.52 bits per heavy atom. The fourth-order valence-corrected chi connectivity index (χ4v) is 4.95. The van der Waals surface area contributed by atoms with Crippen molar-refractivity contribution in [3.8, 4) is 21.1 Å². The Kier molecular flexibility index (Phi) is 7.05. The molecule has 1 amide bonds. The van der Waals surface area contributed by atoms with Gasteiger partial charge < -0.3 is 10.3 Å². The highest BCUT2D eigenvalue weighted by atomic mass is 32.2. The molecule has 0 saturated carbocycles. The van der Waals surface area contributed by atoms with E-state index in [2.05, 4.69) is 34.1 Å². The van der Waals surface area contributed by atoms with E-state index >= 15 is 0 Å². The molecule has 0 spiro atoms. The minimum absolute atomic E-state index is 0.134. The van der Waals surface area contributed by atoms with Crippen molar-refractivity contribution in [2.24, 2.45) is 0 Å². The number of hydrogen-bond donors (Lipinski definition) is 2. The highest BCUT2D eigenvalue weighted by Crippen LogP contribution is 2.34. The number of aromatic nitrogens is 3. The number of amides is 1. The third-order valence-electron chi connectivity index (χ3n) is 4.97. The van der Waals surface area contributed by atoms with Gasteiger partial charge in [-0.15, -0.1) is 11.3 Å². The Bertz CT molecular complexity index is 1310. The van der Waals surface area contributed by atoms with Crippen LogP contribution in [0.4, 0.5) is 5.69 Å². The Morgan fingerprint density at radius 2 is 1.82 bits per heavy atom. The van der Waals surface area contributed by atoms with Crippen molar-refractivity contribution in [1.29, 1.82) is 0 Å². The van der Waals surface area contributed by atoms with Gasteiger partial charge in [0.1, 0.15) is 5.01 Å². The van der Waals surface area contributed by atoms with E-state index in [1.165, 1.54) is 34.7 Å². The normalized spacial score (nSPS) is 11.0. The van der Waals surface area contributed by atoms with Crippen LogP contribution >= 0.6 is 23.1 Å². The molecule has 168 valence electrons. The maximum Gasteiger partial charge on any atom is 0.252 e. The second-order valence-corrected chi connectivity index (χ2v) is 9.81. The first-order valence-corrected chi connectivity index (χ1v) is 12.4. The van der Waals surface area contributed by atoms with Crippen molar-refractivity contribution in [3.63, 3.8) is 0 Å². The molecule has 4 aromatic rings. The molecule has 0 fully saturated rings. The molecule has 0 aliphatic carbocycles. The minimum Gasteiger partial charge on any atom is -0.325 e. The number of hydrogen-bond acceptors (Lipinski definition) is 6. The number of benzene rings is 2. The largest absolute Gasteiger partial charge is 0.325 e. The summed E-state index contributed by atoms with van der Waals surface area (Å²) in [5.41, 5.74) is 4.10. The van der Waals surface area contributed by atoms with Crippen molar-refractivity contribution in [2.45, 2.75) is 31.8 Å². The molecule has 4 rings (SSSR count). The van der Waals surface area contributed by atoms with Crippen LogP contribution in [0.5, 0.6) is 0 Å². The predicted molar refractivity (Wildman–Crippen MR) is 136 cm³/mol. The number of thioether (sulfide) groups is 1. The van der Waals surface area contributed by atoms with E-state index in [1.54, 1.807) is 0 Å². The van der Waals surface area contributed by atoms with Crippen LogP contribution in [0.15, 0.2) is 70.6 Å². The summed E-state index contributed by atoms with van der Waals surface area (Å²) >= 11 is 2.69. The van der Waals surface area contributed by atoms with E-state index in [0.717, 1.165) is 26.8 Å². The Labute approximate surface area is 200 Å². The van der Waals surface area contributed by atoms with Crippen molar-refractivity contribution in [3.05, 3.63) is 82.3 Å². The first kappa shape index (κ1) is 22.9. The molecule has 0 radical (unpaired) electrons. The van der Waals surface area contributed by atoms with Gasteiger partial charge in [0, 0.05) is 17.3 Å². The molecule has 0 aliphatic heterocycles. The van der Waals surface area contributed by atoms with Crippen LogP contribution in [-0.2, 0) is 4.79 Å². The molecule has 2 N–H and O–H groups in total. The molecular weight excluding hydrogens is 452 g/mol. The number of nitrogens with zero attached hydrogens (tertiary/aromatic N) is 2. The number of thiazole rings is 1. The lowest BCUT2D eigenvalue weighted by Gasteiger charge is -2.08. The van der Waals surface area contributed by atoms with E-state index in [-0.39, 0.29) is 17.2 Å². The van der Waals surface area contributed by atoms with Crippen molar-refractivity contribution in [2.75, 3.05) is 11.1 Å². The van der Waals surface area contributed by atoms with Crippen LogP contribution in [0.25, 0.3) is 21.1 Å². The summed E-state index contributed by atoms with van der Waals surface area (Å²) in [5.74, 6) is 0.409. The number of H-pyrrole nitrogens is 1. The maximum absolute atomic E-state index is 12.4. The van der Waals surface area contributed by atoms with Gasteiger partial charge in [-0.05, 0) is 30.5 Å². The number of carbonyl (C=O) groups is 1. The number of aromatic amines is 1. The van der Waals surface area contributed by atoms with Crippen LogP contribution in [0, 0.1) is 6.92 Å². The molecule has 0 unspecified atom stereocenters. The lowest BCUT2D eigenvalue weighted by Crippen LogP contribution is -2.15. The second-order valence-electron chi connectivity index (χ2n) is 7.85. The van der Waals surface area contributed by atoms with E-state index in [0.29, 0.717) is 16.8 Å². The number of rotatable bonds is 7. The summed E-state index contributed by atoms with van der Waals surface area (Å²) in [6.45, 7) is 6.16. The number of carbonyl (C=O) groups excluding carboxylic acids is 1. The van der Waals surface area contributed by atoms with Gasteiger partial charge in [0.05, 0.1) is 22.0 Å². The molecule has 33 heavy (non-hydrogen) atoms. The van der Waals surface area contributed by atoms with Crippen LogP contribution in [0.3, 0.4) is 0 Å². The van der Waals surface area contributed by atoms with E-state index in [9.17, 15) is 9.59 Å². The summed E-state index contributed by atoms with van der Waals surface area (Å²) in [6, 6.07) is 19.2. The standard InChI is InChI=1S/C25H24N4O2S2/c1-15(2)17-9-11-19(12-10-17)27-22(31)14-32-25-28-20(13-21(30)29-25)23-16(3)26-24(33-23)18-7-5-4-6-8-18/h4-13,15H,14H2,1-3H3,(H,27,31)(H,28,29,30). The Hall–Kier alpha value is -3.23. The Balaban J connectivity index is 1.46. The van der Waals surface area contributed by atoms with Gasteiger partial charge in [-0.3, -0.25) is 9.59 Å². The lowest BCUT2D eigenvalue weighted by molar-refractivity contribution is -0.113. The number of aryl methyl sites for hydroxylation is 1. The molecule has 0 aliphatic rings. The molecule has 0 bridgehead atoms. The Morgan fingerprint density at radius 1 is 1.09 bits per heavy atom. The van der Waals surface area contributed by atoms with Gasteiger partial charge in [-0.25, -0.2) is 9.97 Å². The van der Waals surface area contributed by atoms with Gasteiger partial charge in [-0.1, -0.05) is 68.1 Å². The highest BCUT2D eigenvalue weighted by Gasteiger charge is 2.15. The second kappa shape index (κ2) is 10.1. The van der Waals surface area contributed by atoms with Crippen molar-refractivity contribution >= 4 is 34.7 Å². The quantitative estimate of drug-likeness (QED) is 0.263. The molecule has 2 heterocycles. The smallest absolute Gasteiger partial charge is 0.252 e. The molecule has 2 aromatic carbocycles. The zero-order valence-corrected chi connectivity index (χ0v) is 20.2. The van der Waals surface area contributed by atoms with Crippen molar-refractivity contribution in [1.82, 2.24) is 15.0 Å². The monoisotopic (exact) mass is 476 g/mol. The van der Waals surface area contributed by atoms with E-state index in [1.807, 2.05) is 61.5 Å². The predicted octanol–water partition coefficient (Wildman–Crippen LogP) is 5.72. The molecule has 0 saturated heterocycles. The number of anilines is 1. The van der Waals surface area contributed by atoms with Gasteiger partial charge in [0.15, 0.2) is 5.16 Å². The maximum atomic E-state index is 12.4. The van der Waals surface area contributed by atoms with Crippen LogP contribution in [0.2, 0.25) is 0 Å². The van der Waals surface area contributed by atoms with Crippen LogP contribution < -0.4 is 10.9 Å². The molecule has 2 aromatic heterocycles. The fraction of sp³-hybridized carbons (Fsp3) is 0.200. The van der Waals surface area contributed by atoms with Crippen LogP contribution in [-0.4, -0.2) is 26.6 Å². The first-order chi connectivity index (χ1) is 15.9. The van der Waals surface area contributed by atoms with Gasteiger partial charge in [0.2, 0.25) is 5.91 Å². The summed E-state index contributed by atoms with van der Waals surface area (Å²) in [5, 5.41) is 4.16. The summed E-state index contributed by atoms with van der Waals surface area (Å²) < 4.78 is 0. The zero-order chi connectivity index (χ0) is 23.4. The van der Waals surface area contributed by atoms with E-state index < -0.39 is 0 Å². The summed E-state index contributed by atoms with van der Waals surface area (Å²) in [6.07, 6.45) is 0. The molecule has 8 heteroatoms.